The Morgan fingerprint density at radius 2 is 1.80 bits per heavy atom. The molecule has 2 N–H and O–H groups in total. The first-order valence-electron chi connectivity index (χ1n) is 13.4. The van der Waals surface area contributed by atoms with Crippen molar-refractivity contribution >= 4 is 68.7 Å². The number of aromatic hydroxyl groups is 1. The first kappa shape index (κ1) is 29.8. The fourth-order valence-corrected chi connectivity index (χ4v) is 8.45. The van der Waals surface area contributed by atoms with Gasteiger partial charge in [0.25, 0.3) is 11.8 Å². The van der Waals surface area contributed by atoms with Crippen molar-refractivity contribution in [2.24, 2.45) is 17.8 Å². The van der Waals surface area contributed by atoms with Crippen molar-refractivity contribution in [3.63, 3.8) is 0 Å². The first-order valence-corrected chi connectivity index (χ1v) is 15.2. The van der Waals surface area contributed by atoms with Crippen molar-refractivity contribution in [3.05, 3.63) is 35.4 Å². The van der Waals surface area contributed by atoms with Crippen molar-refractivity contribution in [2.45, 2.75) is 54.2 Å². The van der Waals surface area contributed by atoms with E-state index in [0.29, 0.717) is 30.4 Å². The number of rotatable bonds is 9. The summed E-state index contributed by atoms with van der Waals surface area (Å²) in [5, 5.41) is 19.5. The lowest BCUT2D eigenvalue weighted by Crippen LogP contribution is -2.60. The molecule has 10 nitrogen and oxygen atoms in total. The van der Waals surface area contributed by atoms with Crippen molar-refractivity contribution < 1.29 is 38.9 Å². The third kappa shape index (κ3) is 4.38. The van der Waals surface area contributed by atoms with Gasteiger partial charge in [0.2, 0.25) is 11.8 Å². The molecule has 2 heterocycles. The Kier molecular flexibility index (Phi) is 7.93. The van der Waals surface area contributed by atoms with Crippen LogP contribution < -0.4 is 4.74 Å². The zero-order valence-electron chi connectivity index (χ0n) is 22.1. The third-order valence-corrected chi connectivity index (χ3v) is 10.8. The second-order valence-corrected chi connectivity index (χ2v) is 12.7. The minimum atomic E-state index is -1.95. The lowest BCUT2D eigenvalue weighted by Gasteiger charge is -2.50. The van der Waals surface area contributed by atoms with E-state index in [4.69, 9.17) is 33.0 Å². The molecule has 1 saturated carbocycles. The van der Waals surface area contributed by atoms with E-state index in [1.165, 1.54) is 24.1 Å². The fraction of sp³-hybridized carbons (Fsp3) is 0.536. The van der Waals surface area contributed by atoms with Crippen molar-refractivity contribution in [3.8, 4) is 11.5 Å². The molecule has 2 saturated heterocycles. The standard InChI is InChI=1S/C28H29BrCl2N2O8/c1-41-19-9-6-14(11-18(19)34)22-15-7-8-16-21(24(38)32(23(16)37)10-4-2-3-5-20(35)36)17(15)12-27(30)25(39)33(13-29)26(40)28(22,27)31/h6-7,9,11,16-17,21-22,34H,2-5,8,10,12-13H2,1H3,(H,35,36). The van der Waals surface area contributed by atoms with Gasteiger partial charge < -0.3 is 14.9 Å². The van der Waals surface area contributed by atoms with E-state index in [1.54, 1.807) is 6.07 Å². The highest BCUT2D eigenvalue weighted by molar-refractivity contribution is 9.09. The molecule has 1 aromatic rings. The highest BCUT2D eigenvalue weighted by Gasteiger charge is 2.76. The number of carbonyl (C=O) groups excluding carboxylic acids is 4. The maximum atomic E-state index is 13.8. The van der Waals surface area contributed by atoms with Gasteiger partial charge in [-0.15, -0.1) is 23.2 Å². The number of unbranched alkanes of at least 4 members (excludes halogenated alkanes) is 2. The summed E-state index contributed by atoms with van der Waals surface area (Å²) >= 11 is 17.5. The number of imide groups is 2. The van der Waals surface area contributed by atoms with E-state index in [9.17, 15) is 29.1 Å². The summed E-state index contributed by atoms with van der Waals surface area (Å²) < 4.78 is 5.18. The predicted octanol–water partition coefficient (Wildman–Crippen LogP) is 3.76. The average molecular weight is 672 g/mol. The molecule has 4 aliphatic rings. The second kappa shape index (κ2) is 10.9. The van der Waals surface area contributed by atoms with E-state index in [0.717, 1.165) is 4.90 Å². The molecule has 3 fully saturated rings. The lowest BCUT2D eigenvalue weighted by molar-refractivity contribution is -0.141. The van der Waals surface area contributed by atoms with Crippen molar-refractivity contribution in [2.75, 3.05) is 19.1 Å². The minimum absolute atomic E-state index is 0.0148. The number of phenols is 1. The Labute approximate surface area is 254 Å². The Morgan fingerprint density at radius 1 is 1.07 bits per heavy atom. The molecule has 13 heteroatoms. The fourth-order valence-electron chi connectivity index (χ4n) is 7.02. The molecule has 0 spiro atoms. The van der Waals surface area contributed by atoms with Crippen molar-refractivity contribution in [1.29, 1.82) is 0 Å². The molecule has 4 amide bonds. The smallest absolute Gasteiger partial charge is 0.303 e. The van der Waals surface area contributed by atoms with Crippen LogP contribution in [0.5, 0.6) is 11.5 Å². The zero-order chi connectivity index (χ0) is 29.9. The molecule has 6 atom stereocenters. The molecule has 41 heavy (non-hydrogen) atoms. The van der Waals surface area contributed by atoms with Gasteiger partial charge in [-0.2, -0.15) is 0 Å². The molecule has 5 rings (SSSR count). The van der Waals surface area contributed by atoms with Crippen LogP contribution in [0, 0.1) is 17.8 Å². The molecule has 2 aliphatic heterocycles. The number of fused-ring (bicyclic) bond motifs is 4. The lowest BCUT2D eigenvalue weighted by atomic mass is 9.56. The molecular weight excluding hydrogens is 643 g/mol. The number of carboxylic acid groups (broad SMARTS) is 1. The minimum Gasteiger partial charge on any atom is -0.504 e. The number of amides is 4. The monoisotopic (exact) mass is 670 g/mol. The number of carboxylic acids is 1. The van der Waals surface area contributed by atoms with Gasteiger partial charge in [0.05, 0.1) is 24.4 Å². The van der Waals surface area contributed by atoms with Crippen LogP contribution in [0.3, 0.4) is 0 Å². The average Bonchev–Trinajstić information content (AvgIpc) is 3.26. The van der Waals surface area contributed by atoms with Gasteiger partial charge in [-0.25, -0.2) is 0 Å². The van der Waals surface area contributed by atoms with Gasteiger partial charge in [0, 0.05) is 18.9 Å². The first-order chi connectivity index (χ1) is 19.4. The number of aliphatic carboxylic acids is 1. The normalized spacial score (nSPS) is 32.5. The number of ether oxygens (including phenoxy) is 1. The SMILES string of the molecule is COc1ccc(C2C3=CCC4C(=O)N(CCCCCC(=O)O)C(=O)C4C3CC3(Cl)C(=O)N(CBr)C(=O)C23Cl)cc1O. The molecule has 2 aliphatic carbocycles. The van der Waals surface area contributed by atoms with Crippen LogP contribution in [0.2, 0.25) is 0 Å². The molecule has 1 aromatic carbocycles. The van der Waals surface area contributed by atoms with Crippen LogP contribution in [0.1, 0.15) is 50.0 Å². The summed E-state index contributed by atoms with van der Waals surface area (Å²) in [5.74, 6) is -6.04. The van der Waals surface area contributed by atoms with Gasteiger partial charge in [-0.3, -0.25) is 33.8 Å². The second-order valence-electron chi connectivity index (χ2n) is 11.0. The number of carbonyl (C=O) groups is 5. The van der Waals surface area contributed by atoms with Crippen LogP contribution in [-0.2, 0) is 24.0 Å². The number of phenolic OH excluding ortho intramolecular Hbond substituents is 1. The number of benzene rings is 1. The molecule has 0 radical (unpaired) electrons. The highest BCUT2D eigenvalue weighted by Crippen LogP contribution is 2.65. The van der Waals surface area contributed by atoms with E-state index in [2.05, 4.69) is 15.9 Å². The van der Waals surface area contributed by atoms with Crippen LogP contribution in [0.15, 0.2) is 29.8 Å². The number of hydrogen-bond donors (Lipinski definition) is 2. The molecular formula is C28H29BrCl2N2O8. The van der Waals surface area contributed by atoms with Gasteiger partial charge in [-0.1, -0.05) is 40.1 Å². The van der Waals surface area contributed by atoms with E-state index in [-0.39, 0.29) is 54.6 Å². The van der Waals surface area contributed by atoms with Gasteiger partial charge >= 0.3 is 5.97 Å². The summed E-state index contributed by atoms with van der Waals surface area (Å²) in [6.45, 7) is 0.169. The number of alkyl halides is 3. The maximum absolute atomic E-state index is 13.8. The number of likely N-dealkylation sites (tertiary alicyclic amines) is 2. The molecule has 0 bridgehead atoms. The van der Waals surface area contributed by atoms with Crippen LogP contribution in [0.4, 0.5) is 0 Å². The third-order valence-electron chi connectivity index (χ3n) is 8.91. The molecule has 220 valence electrons. The van der Waals surface area contributed by atoms with Gasteiger partial charge in [-0.05, 0) is 49.3 Å². The number of hydrogen-bond acceptors (Lipinski definition) is 7. The van der Waals surface area contributed by atoms with Gasteiger partial charge in [0.1, 0.15) is 0 Å². The Morgan fingerprint density at radius 3 is 2.44 bits per heavy atom. The summed E-state index contributed by atoms with van der Waals surface area (Å²) in [6.07, 6.45) is 3.42. The topological polar surface area (TPSA) is 142 Å². The van der Waals surface area contributed by atoms with Gasteiger partial charge in [0.15, 0.2) is 21.2 Å². The summed E-state index contributed by atoms with van der Waals surface area (Å²) in [6, 6.07) is 4.58. The van der Waals surface area contributed by atoms with Crippen LogP contribution >= 0.6 is 39.1 Å². The number of methoxy groups -OCH3 is 1. The summed E-state index contributed by atoms with van der Waals surface area (Å²) in [5.41, 5.74) is 0.920. The van der Waals surface area contributed by atoms with E-state index >= 15 is 0 Å². The zero-order valence-corrected chi connectivity index (χ0v) is 25.2. The highest BCUT2D eigenvalue weighted by atomic mass is 79.9. The molecule has 0 aromatic heterocycles. The molecule has 6 unspecified atom stereocenters. The van der Waals surface area contributed by atoms with Crippen LogP contribution in [0.25, 0.3) is 0 Å². The number of halogens is 3. The Balaban J connectivity index is 1.55. The predicted molar refractivity (Wildman–Crippen MR) is 151 cm³/mol. The quantitative estimate of drug-likeness (QED) is 0.133. The van der Waals surface area contributed by atoms with E-state index in [1.807, 2.05) is 6.08 Å². The Bertz CT molecular complexity index is 1370. The number of allylic oxidation sites excluding steroid dienone is 2. The largest absolute Gasteiger partial charge is 0.504 e. The summed E-state index contributed by atoms with van der Waals surface area (Å²) in [4.78, 5) is 63.7. The summed E-state index contributed by atoms with van der Waals surface area (Å²) in [7, 11) is 1.40. The number of nitrogens with zero attached hydrogens (tertiary/aromatic N) is 2. The Hall–Kier alpha value is -2.63. The maximum Gasteiger partial charge on any atom is 0.303 e. The van der Waals surface area contributed by atoms with Crippen molar-refractivity contribution in [1.82, 2.24) is 9.80 Å². The van der Waals surface area contributed by atoms with Crippen LogP contribution in [-0.4, -0.2) is 78.5 Å². The van der Waals surface area contributed by atoms with E-state index < -0.39 is 51.2 Å².